The van der Waals surface area contributed by atoms with E-state index in [1.807, 2.05) is 23.1 Å². The number of nitrogens with zero attached hydrogens (tertiary/aromatic N) is 2. The van der Waals surface area contributed by atoms with Crippen LogP contribution in [0.3, 0.4) is 0 Å². The number of fused-ring (bicyclic) bond motifs is 6. The third kappa shape index (κ3) is 5.24. The van der Waals surface area contributed by atoms with Gasteiger partial charge in [0.2, 0.25) is 5.52 Å². The Morgan fingerprint density at radius 1 is 0.872 bits per heavy atom. The van der Waals surface area contributed by atoms with Crippen LogP contribution in [0.2, 0.25) is 0 Å². The van der Waals surface area contributed by atoms with Crippen molar-refractivity contribution >= 4 is 91.9 Å². The van der Waals surface area contributed by atoms with Crippen LogP contribution < -0.4 is 9.47 Å². The van der Waals surface area contributed by atoms with Crippen molar-refractivity contribution in [2.45, 2.75) is 37.6 Å². The van der Waals surface area contributed by atoms with Gasteiger partial charge in [-0.3, -0.25) is 0 Å². The highest BCUT2D eigenvalue weighted by Gasteiger charge is 2.27. The van der Waals surface area contributed by atoms with Gasteiger partial charge in [-0.2, -0.15) is 29.8 Å². The zero-order valence-electron chi connectivity index (χ0n) is 22.1. The first-order valence-electron chi connectivity index (χ1n) is 13.7. The normalized spacial score (nSPS) is 14.8. The van der Waals surface area contributed by atoms with Gasteiger partial charge in [-0.05, 0) is 65.0 Å². The number of thiol groups is 2. The lowest BCUT2D eigenvalue weighted by Crippen LogP contribution is -2.35. The predicted octanol–water partition coefficient (Wildman–Crippen LogP) is 9.38. The smallest absolute Gasteiger partial charge is 0.263 e. The average Bonchev–Trinajstić information content (AvgIpc) is 3.51. The molecule has 39 heavy (non-hydrogen) atoms. The first-order chi connectivity index (χ1) is 19.2. The number of anilines is 1. The van der Waals surface area contributed by atoms with Crippen LogP contribution in [-0.2, 0) is 6.54 Å². The monoisotopic (exact) mass is 585 g/mol. The molecule has 0 atom stereocenters. The van der Waals surface area contributed by atoms with Gasteiger partial charge in [-0.1, -0.05) is 84.6 Å². The number of allylic oxidation sites excluding steroid dienone is 2. The molecule has 0 aliphatic carbocycles. The molecule has 0 radical (unpaired) electrons. The Labute approximate surface area is 250 Å². The van der Waals surface area contributed by atoms with Crippen LogP contribution in [0.15, 0.2) is 94.4 Å². The fourth-order valence-electron chi connectivity index (χ4n) is 5.43. The van der Waals surface area contributed by atoms with E-state index < -0.39 is 0 Å². The summed E-state index contributed by atoms with van der Waals surface area (Å²) in [5, 5.41) is 7.86. The van der Waals surface area contributed by atoms with Crippen LogP contribution in [0.25, 0.3) is 37.8 Å². The summed E-state index contributed by atoms with van der Waals surface area (Å²) in [5.41, 5.74) is 4.04. The van der Waals surface area contributed by atoms with Crippen molar-refractivity contribution in [1.82, 2.24) is 0 Å². The summed E-state index contributed by atoms with van der Waals surface area (Å²) in [4.78, 5) is 3.86. The van der Waals surface area contributed by atoms with Crippen molar-refractivity contribution < 1.29 is 4.57 Å². The van der Waals surface area contributed by atoms with Crippen molar-refractivity contribution in [2.75, 3.05) is 23.0 Å². The molecule has 6 rings (SSSR count). The van der Waals surface area contributed by atoms with E-state index in [1.54, 1.807) is 0 Å². The maximum Gasteiger partial charge on any atom is 0.263 e. The molecular weight excluding hydrogens is 553 g/mol. The predicted molar refractivity (Wildman–Crippen MR) is 180 cm³/mol. The van der Waals surface area contributed by atoms with Crippen molar-refractivity contribution in [3.05, 3.63) is 94.5 Å². The number of thioether (sulfide) groups is 1. The Kier molecular flexibility index (Phi) is 8.26. The number of hydrogen-bond donors (Lipinski definition) is 2. The lowest BCUT2D eigenvalue weighted by molar-refractivity contribution is -0.667. The zero-order valence-corrected chi connectivity index (χ0v) is 25.6. The summed E-state index contributed by atoms with van der Waals surface area (Å²) in [5.74, 6) is 1.76. The summed E-state index contributed by atoms with van der Waals surface area (Å²) in [6.07, 6.45) is 7.90. The quantitative estimate of drug-likeness (QED) is 0.131. The third-order valence-corrected chi connectivity index (χ3v) is 10.2. The maximum atomic E-state index is 4.54. The summed E-state index contributed by atoms with van der Waals surface area (Å²) >= 11 is 12.9. The summed E-state index contributed by atoms with van der Waals surface area (Å²) in [6, 6.07) is 26.6. The van der Waals surface area contributed by atoms with Crippen LogP contribution in [0, 0.1) is 0 Å². The first-order valence-corrected chi connectivity index (χ1v) is 16.6. The number of aromatic nitrogens is 1. The molecule has 0 fully saturated rings. The van der Waals surface area contributed by atoms with Crippen molar-refractivity contribution in [1.29, 1.82) is 0 Å². The van der Waals surface area contributed by atoms with E-state index in [0.29, 0.717) is 0 Å². The summed E-state index contributed by atoms with van der Waals surface area (Å²) in [6.45, 7) is 4.21. The van der Waals surface area contributed by atoms with Gasteiger partial charge in [0.15, 0.2) is 6.54 Å². The van der Waals surface area contributed by atoms with Crippen molar-refractivity contribution in [3.63, 3.8) is 0 Å². The lowest BCUT2D eigenvalue weighted by Gasteiger charge is -2.22. The molecule has 0 saturated heterocycles. The van der Waals surface area contributed by atoms with Crippen molar-refractivity contribution in [2.24, 2.45) is 0 Å². The van der Waals surface area contributed by atoms with E-state index in [2.05, 4.69) is 127 Å². The van der Waals surface area contributed by atoms with E-state index in [9.17, 15) is 0 Å². The number of aryl methyl sites for hydroxylation is 1. The Morgan fingerprint density at radius 2 is 1.59 bits per heavy atom. The SMILES string of the molecule is CCC(/C=C1\Sc2ccc3ccccc3c2N1CCCS)=C\c1sc2ccc3ccccc3c2[n+]1CCCS. The second-order valence-corrected chi connectivity index (χ2v) is 12.8. The van der Waals surface area contributed by atoms with Gasteiger partial charge >= 0.3 is 0 Å². The minimum Gasteiger partial charge on any atom is -0.334 e. The maximum absolute atomic E-state index is 4.54. The van der Waals surface area contributed by atoms with Gasteiger partial charge in [-0.25, -0.2) is 0 Å². The molecule has 1 aliphatic rings. The Hall–Kier alpha value is -2.38. The first kappa shape index (κ1) is 26.8. The highest BCUT2D eigenvalue weighted by molar-refractivity contribution is 8.03. The molecule has 1 aliphatic heterocycles. The fraction of sp³-hybridized carbons (Fsp3) is 0.242. The van der Waals surface area contributed by atoms with Gasteiger partial charge in [0.05, 0.1) is 16.1 Å². The highest BCUT2D eigenvalue weighted by Crippen LogP contribution is 2.50. The number of rotatable bonds is 9. The third-order valence-electron chi connectivity index (χ3n) is 7.33. The number of thiazole rings is 1. The molecular formula is C33H33N2S4+. The van der Waals surface area contributed by atoms with Crippen LogP contribution in [0.1, 0.15) is 31.2 Å². The van der Waals surface area contributed by atoms with Crippen LogP contribution in [-0.4, -0.2) is 18.1 Å². The summed E-state index contributed by atoms with van der Waals surface area (Å²) < 4.78 is 3.86. The molecule has 6 heteroatoms. The number of benzene rings is 4. The molecule has 1 aromatic heterocycles. The van der Waals surface area contributed by atoms with E-state index in [1.165, 1.54) is 58.0 Å². The van der Waals surface area contributed by atoms with Crippen LogP contribution >= 0.6 is 48.4 Å². The fourth-order valence-corrected chi connectivity index (χ4v) is 8.07. The molecule has 0 unspecified atom stereocenters. The molecule has 0 bridgehead atoms. The molecule has 4 aromatic carbocycles. The topological polar surface area (TPSA) is 7.12 Å². The minimum atomic E-state index is 0.881. The van der Waals surface area contributed by atoms with E-state index in [4.69, 9.17) is 0 Å². The molecule has 198 valence electrons. The lowest BCUT2D eigenvalue weighted by atomic mass is 10.1. The molecule has 0 N–H and O–H groups in total. The second kappa shape index (κ2) is 12.0. The van der Waals surface area contributed by atoms with Gasteiger partial charge in [0, 0.05) is 29.3 Å². The van der Waals surface area contributed by atoms with Crippen LogP contribution in [0.5, 0.6) is 0 Å². The minimum absolute atomic E-state index is 0.881. The Morgan fingerprint density at radius 3 is 2.36 bits per heavy atom. The molecule has 2 heterocycles. The van der Waals surface area contributed by atoms with Gasteiger partial charge < -0.3 is 4.90 Å². The molecule has 0 amide bonds. The molecule has 0 spiro atoms. The largest absolute Gasteiger partial charge is 0.334 e. The summed E-state index contributed by atoms with van der Waals surface area (Å²) in [7, 11) is 0. The molecule has 2 nitrogen and oxygen atoms in total. The van der Waals surface area contributed by atoms with Crippen LogP contribution in [0.4, 0.5) is 5.69 Å². The van der Waals surface area contributed by atoms with E-state index in [0.717, 1.165) is 43.9 Å². The molecule has 5 aromatic rings. The van der Waals surface area contributed by atoms with E-state index in [-0.39, 0.29) is 0 Å². The van der Waals surface area contributed by atoms with Gasteiger partial charge in [-0.15, -0.1) is 0 Å². The highest BCUT2D eigenvalue weighted by atomic mass is 32.2. The van der Waals surface area contributed by atoms with Gasteiger partial charge in [0.1, 0.15) is 4.70 Å². The Balaban J connectivity index is 1.46. The van der Waals surface area contributed by atoms with Gasteiger partial charge in [0.25, 0.3) is 5.01 Å². The molecule has 0 saturated carbocycles. The Bertz CT molecular complexity index is 1720. The van der Waals surface area contributed by atoms with E-state index >= 15 is 0 Å². The second-order valence-electron chi connectivity index (χ2n) is 9.82. The standard InChI is InChI=1S/C33H32N2S4/c1-2-23(21-30-34(17-7-19-36)32-26-11-5-3-9-24(26)13-15-28(32)38-30)22-31-35(18-8-20-37)33-27-12-6-4-10-25(27)14-16-29(33)39-31/h3-6,9-16,21-22H,2,7-8,17-20H2,1H3,(H-,36,37)/p+1. The number of hydrogen-bond acceptors (Lipinski definition) is 5. The average molecular weight is 586 g/mol. The zero-order chi connectivity index (χ0) is 26.8. The van der Waals surface area contributed by atoms with Crippen molar-refractivity contribution in [3.8, 4) is 0 Å².